The minimum atomic E-state index is 0.838. The van der Waals surface area contributed by atoms with E-state index < -0.39 is 0 Å². The van der Waals surface area contributed by atoms with E-state index in [1.165, 1.54) is 0 Å². The third kappa shape index (κ3) is 3.42. The molecule has 0 aliphatic heterocycles. The third-order valence-electron chi connectivity index (χ3n) is 4.60. The van der Waals surface area contributed by atoms with Crippen molar-refractivity contribution in [2.24, 2.45) is 0 Å². The van der Waals surface area contributed by atoms with E-state index in [0.29, 0.717) is 0 Å². The third-order valence-corrected chi connectivity index (χ3v) is 4.60. The molecule has 0 aliphatic rings. The van der Waals surface area contributed by atoms with Crippen LogP contribution < -0.4 is 9.47 Å². The van der Waals surface area contributed by atoms with Gasteiger partial charge >= 0.3 is 0 Å². The molecule has 0 spiro atoms. The van der Waals surface area contributed by atoms with E-state index in [0.717, 1.165) is 45.1 Å². The molecule has 0 bridgehead atoms. The zero-order chi connectivity index (χ0) is 18.6. The molecule has 1 heterocycles. The number of nitrogens with one attached hydrogen (secondary N) is 1. The van der Waals surface area contributed by atoms with Gasteiger partial charge in [-0.1, -0.05) is 36.4 Å². The van der Waals surface area contributed by atoms with E-state index in [1.54, 1.807) is 20.4 Å². The van der Waals surface area contributed by atoms with Crippen LogP contribution in [0.1, 0.15) is 0 Å². The number of ether oxygens (including phenoxy) is 2. The molecule has 0 amide bonds. The van der Waals surface area contributed by atoms with E-state index in [1.807, 2.05) is 30.5 Å². The molecule has 0 atom stereocenters. The highest BCUT2D eigenvalue weighted by atomic mass is 16.5. The molecule has 0 fully saturated rings. The van der Waals surface area contributed by atoms with Crippen molar-refractivity contribution in [1.82, 2.24) is 9.97 Å². The first-order valence-electron chi connectivity index (χ1n) is 8.71. The Morgan fingerprint density at radius 3 is 1.81 bits per heavy atom. The lowest BCUT2D eigenvalue weighted by Gasteiger charge is -2.12. The fourth-order valence-electron chi connectivity index (χ4n) is 3.14. The molecule has 4 aromatic rings. The molecule has 3 aromatic carbocycles. The zero-order valence-corrected chi connectivity index (χ0v) is 15.3. The number of hydrogen-bond donors (Lipinski definition) is 1. The Labute approximate surface area is 158 Å². The first-order valence-corrected chi connectivity index (χ1v) is 8.71. The SMILES string of the molecule is COc1ccc(-c2ccc(-c3ncc[nH]3)c(-c3ccc(OC)cc3)c2)cc1. The quantitative estimate of drug-likeness (QED) is 0.519. The lowest BCUT2D eigenvalue weighted by molar-refractivity contribution is 0.415. The minimum Gasteiger partial charge on any atom is -0.497 e. The summed E-state index contributed by atoms with van der Waals surface area (Å²) in [6, 6.07) is 22.6. The molecular formula is C23H20N2O2. The fraction of sp³-hybridized carbons (Fsp3) is 0.0870. The number of hydrogen-bond acceptors (Lipinski definition) is 3. The lowest BCUT2D eigenvalue weighted by atomic mass is 9.94. The van der Waals surface area contributed by atoms with Gasteiger partial charge in [-0.05, 0) is 52.6 Å². The molecule has 134 valence electrons. The number of aromatic amines is 1. The van der Waals surface area contributed by atoms with E-state index in [2.05, 4.69) is 52.4 Å². The second kappa shape index (κ2) is 7.38. The second-order valence-corrected chi connectivity index (χ2v) is 6.16. The summed E-state index contributed by atoms with van der Waals surface area (Å²) in [5.74, 6) is 2.54. The summed E-state index contributed by atoms with van der Waals surface area (Å²) in [4.78, 5) is 7.64. The van der Waals surface area contributed by atoms with Crippen molar-refractivity contribution in [3.63, 3.8) is 0 Å². The van der Waals surface area contributed by atoms with Crippen LogP contribution in [0.15, 0.2) is 79.1 Å². The maximum Gasteiger partial charge on any atom is 0.137 e. The van der Waals surface area contributed by atoms with Crippen molar-refractivity contribution < 1.29 is 9.47 Å². The molecule has 0 saturated carbocycles. The van der Waals surface area contributed by atoms with Crippen LogP contribution in [0, 0.1) is 0 Å². The average Bonchev–Trinajstić information content (AvgIpc) is 3.28. The Morgan fingerprint density at radius 2 is 1.26 bits per heavy atom. The molecule has 1 aromatic heterocycles. The number of methoxy groups -OCH3 is 2. The Balaban J connectivity index is 1.83. The van der Waals surface area contributed by atoms with Crippen molar-refractivity contribution in [1.29, 1.82) is 0 Å². The fourth-order valence-corrected chi connectivity index (χ4v) is 3.14. The van der Waals surface area contributed by atoms with Crippen LogP contribution in [-0.2, 0) is 0 Å². The molecule has 0 unspecified atom stereocenters. The Morgan fingerprint density at radius 1 is 0.667 bits per heavy atom. The van der Waals surface area contributed by atoms with Gasteiger partial charge in [0.1, 0.15) is 17.3 Å². The summed E-state index contributed by atoms with van der Waals surface area (Å²) in [5, 5.41) is 0. The maximum absolute atomic E-state index is 5.29. The molecule has 4 heteroatoms. The van der Waals surface area contributed by atoms with Gasteiger partial charge < -0.3 is 14.5 Å². The maximum atomic E-state index is 5.29. The normalized spacial score (nSPS) is 10.6. The number of rotatable bonds is 5. The smallest absolute Gasteiger partial charge is 0.137 e. The summed E-state index contributed by atoms with van der Waals surface area (Å²) in [5.41, 5.74) is 5.55. The van der Waals surface area contributed by atoms with E-state index in [9.17, 15) is 0 Å². The Hall–Kier alpha value is -3.53. The largest absolute Gasteiger partial charge is 0.497 e. The van der Waals surface area contributed by atoms with Crippen LogP contribution in [0.2, 0.25) is 0 Å². The standard InChI is InChI=1S/C23H20N2O2/c1-26-19-8-3-16(4-9-19)18-7-12-21(23-24-13-14-25-23)22(15-18)17-5-10-20(27-2)11-6-17/h3-15H,1-2H3,(H,24,25). The van der Waals surface area contributed by atoms with Crippen LogP contribution in [0.3, 0.4) is 0 Å². The Kier molecular flexibility index (Phi) is 4.62. The summed E-state index contributed by atoms with van der Waals surface area (Å²) >= 11 is 0. The van der Waals surface area contributed by atoms with Crippen molar-refractivity contribution in [3.05, 3.63) is 79.1 Å². The summed E-state index contributed by atoms with van der Waals surface area (Å²) in [6.45, 7) is 0. The lowest BCUT2D eigenvalue weighted by Crippen LogP contribution is -1.90. The molecule has 0 radical (unpaired) electrons. The highest BCUT2D eigenvalue weighted by Gasteiger charge is 2.12. The van der Waals surface area contributed by atoms with Gasteiger partial charge in [0.05, 0.1) is 14.2 Å². The van der Waals surface area contributed by atoms with E-state index in [-0.39, 0.29) is 0 Å². The van der Waals surface area contributed by atoms with Crippen molar-refractivity contribution in [2.75, 3.05) is 14.2 Å². The molecular weight excluding hydrogens is 336 g/mol. The number of imidazole rings is 1. The molecule has 0 saturated heterocycles. The summed E-state index contributed by atoms with van der Waals surface area (Å²) < 4.78 is 10.6. The molecule has 4 nitrogen and oxygen atoms in total. The highest BCUT2D eigenvalue weighted by molar-refractivity contribution is 5.85. The van der Waals surface area contributed by atoms with Crippen LogP contribution in [0.25, 0.3) is 33.6 Å². The predicted octanol–water partition coefficient (Wildman–Crippen LogP) is 5.43. The summed E-state index contributed by atoms with van der Waals surface area (Å²) in [7, 11) is 3.35. The van der Waals surface area contributed by atoms with Crippen LogP contribution >= 0.6 is 0 Å². The number of benzene rings is 3. The topological polar surface area (TPSA) is 47.1 Å². The van der Waals surface area contributed by atoms with Crippen LogP contribution in [0.5, 0.6) is 11.5 Å². The van der Waals surface area contributed by atoms with Crippen molar-refractivity contribution in [3.8, 4) is 45.1 Å². The van der Waals surface area contributed by atoms with Crippen LogP contribution in [0.4, 0.5) is 0 Å². The van der Waals surface area contributed by atoms with Gasteiger partial charge in [-0.3, -0.25) is 0 Å². The monoisotopic (exact) mass is 356 g/mol. The molecule has 1 N–H and O–H groups in total. The second-order valence-electron chi connectivity index (χ2n) is 6.16. The van der Waals surface area contributed by atoms with Gasteiger partial charge in [0.15, 0.2) is 0 Å². The van der Waals surface area contributed by atoms with Crippen molar-refractivity contribution in [2.45, 2.75) is 0 Å². The van der Waals surface area contributed by atoms with Gasteiger partial charge in [-0.25, -0.2) is 4.98 Å². The highest BCUT2D eigenvalue weighted by Crippen LogP contribution is 2.35. The predicted molar refractivity (Wildman–Crippen MR) is 108 cm³/mol. The minimum absolute atomic E-state index is 0.838. The average molecular weight is 356 g/mol. The molecule has 4 rings (SSSR count). The summed E-state index contributed by atoms with van der Waals surface area (Å²) in [6.07, 6.45) is 3.61. The number of nitrogens with zero attached hydrogens (tertiary/aromatic N) is 1. The number of aromatic nitrogens is 2. The number of H-pyrrole nitrogens is 1. The van der Waals surface area contributed by atoms with E-state index in [4.69, 9.17) is 9.47 Å². The molecule has 0 aliphatic carbocycles. The van der Waals surface area contributed by atoms with Gasteiger partial charge in [-0.2, -0.15) is 0 Å². The van der Waals surface area contributed by atoms with Crippen molar-refractivity contribution >= 4 is 0 Å². The van der Waals surface area contributed by atoms with Gasteiger partial charge in [0, 0.05) is 18.0 Å². The first kappa shape index (κ1) is 16.9. The van der Waals surface area contributed by atoms with Gasteiger partial charge in [-0.15, -0.1) is 0 Å². The first-order chi connectivity index (χ1) is 13.3. The zero-order valence-electron chi connectivity index (χ0n) is 15.3. The Bertz CT molecular complexity index is 1020. The van der Waals surface area contributed by atoms with Gasteiger partial charge in [0.25, 0.3) is 0 Å². The van der Waals surface area contributed by atoms with Gasteiger partial charge in [0.2, 0.25) is 0 Å². The van der Waals surface area contributed by atoms with E-state index >= 15 is 0 Å². The van der Waals surface area contributed by atoms with Crippen LogP contribution in [-0.4, -0.2) is 24.2 Å². The molecule has 27 heavy (non-hydrogen) atoms.